The fraction of sp³-hybridized carbons (Fsp3) is 0.353. The van der Waals surface area contributed by atoms with Gasteiger partial charge in [-0.15, -0.1) is 0 Å². The van der Waals surface area contributed by atoms with Crippen molar-refractivity contribution in [3.8, 4) is 0 Å². The monoisotopic (exact) mass is 360 g/mol. The SMILES string of the molecule is CN1C(=O)/C(=C2/SC(=S)N(C[C@@H]3CCCO3)C2=O)c2ccccc21. The average Bonchev–Trinajstić information content (AvgIpc) is 3.25. The third-order valence-electron chi connectivity index (χ3n) is 4.54. The van der Waals surface area contributed by atoms with Gasteiger partial charge in [0.2, 0.25) is 0 Å². The van der Waals surface area contributed by atoms with Crippen LogP contribution in [0.25, 0.3) is 5.57 Å². The molecule has 0 N–H and O–H groups in total. The number of likely N-dealkylation sites (N-methyl/N-ethyl adjacent to an activating group) is 1. The fourth-order valence-corrected chi connectivity index (χ4v) is 4.63. The maximum atomic E-state index is 12.9. The van der Waals surface area contributed by atoms with Crippen LogP contribution in [-0.2, 0) is 14.3 Å². The van der Waals surface area contributed by atoms with Gasteiger partial charge in [0.1, 0.15) is 4.32 Å². The maximum absolute atomic E-state index is 12.9. The summed E-state index contributed by atoms with van der Waals surface area (Å²) in [4.78, 5) is 29.1. The van der Waals surface area contributed by atoms with Gasteiger partial charge in [0.25, 0.3) is 11.8 Å². The molecule has 124 valence electrons. The van der Waals surface area contributed by atoms with Gasteiger partial charge >= 0.3 is 0 Å². The van der Waals surface area contributed by atoms with E-state index in [2.05, 4.69) is 0 Å². The summed E-state index contributed by atoms with van der Waals surface area (Å²) >= 11 is 6.60. The second-order valence-corrected chi connectivity index (χ2v) is 7.65. The molecule has 5 nitrogen and oxygen atoms in total. The summed E-state index contributed by atoms with van der Waals surface area (Å²) in [7, 11) is 1.72. The minimum absolute atomic E-state index is 0.0334. The maximum Gasteiger partial charge on any atom is 0.267 e. The summed E-state index contributed by atoms with van der Waals surface area (Å²) in [5.41, 5.74) is 2.07. The van der Waals surface area contributed by atoms with Crippen LogP contribution in [0, 0.1) is 0 Å². The van der Waals surface area contributed by atoms with Crippen LogP contribution in [0.1, 0.15) is 18.4 Å². The highest BCUT2D eigenvalue weighted by Crippen LogP contribution is 2.44. The molecule has 0 saturated carbocycles. The second-order valence-electron chi connectivity index (χ2n) is 6.00. The van der Waals surface area contributed by atoms with Gasteiger partial charge in [-0.3, -0.25) is 14.5 Å². The molecular weight excluding hydrogens is 344 g/mol. The van der Waals surface area contributed by atoms with E-state index in [-0.39, 0.29) is 17.9 Å². The zero-order valence-corrected chi connectivity index (χ0v) is 14.8. The molecule has 1 aromatic rings. The molecule has 3 aliphatic rings. The van der Waals surface area contributed by atoms with Crippen LogP contribution in [-0.4, -0.2) is 47.3 Å². The number of rotatable bonds is 2. The Morgan fingerprint density at radius 3 is 2.83 bits per heavy atom. The van der Waals surface area contributed by atoms with E-state index in [1.54, 1.807) is 16.8 Å². The van der Waals surface area contributed by atoms with E-state index in [0.29, 0.717) is 21.3 Å². The van der Waals surface area contributed by atoms with E-state index in [9.17, 15) is 9.59 Å². The van der Waals surface area contributed by atoms with Gasteiger partial charge < -0.3 is 9.64 Å². The molecule has 0 aliphatic carbocycles. The van der Waals surface area contributed by atoms with Gasteiger partial charge in [-0.1, -0.05) is 42.2 Å². The van der Waals surface area contributed by atoms with Crippen LogP contribution in [0.3, 0.4) is 0 Å². The molecule has 1 atom stereocenters. The topological polar surface area (TPSA) is 49.9 Å². The first kappa shape index (κ1) is 15.8. The Balaban J connectivity index is 1.71. The summed E-state index contributed by atoms with van der Waals surface area (Å²) in [6, 6.07) is 7.51. The Hall–Kier alpha value is -1.70. The number of hydrogen-bond donors (Lipinski definition) is 0. The number of para-hydroxylation sites is 1. The molecule has 0 radical (unpaired) electrons. The standard InChI is InChI=1S/C17H16N2O3S2/c1-18-12-7-3-2-6-11(12)13(15(18)20)14-16(21)19(17(23)24-14)9-10-5-4-8-22-10/h2-3,6-7,10H,4-5,8-9H2,1H3/b14-13+/t10-/m0/s1. The van der Waals surface area contributed by atoms with Crippen molar-refractivity contribution < 1.29 is 14.3 Å². The number of thiocarbonyl (C=S) groups is 1. The van der Waals surface area contributed by atoms with Gasteiger partial charge in [-0.2, -0.15) is 0 Å². The van der Waals surface area contributed by atoms with Gasteiger partial charge in [-0.25, -0.2) is 0 Å². The molecule has 2 fully saturated rings. The lowest BCUT2D eigenvalue weighted by Gasteiger charge is -2.18. The van der Waals surface area contributed by atoms with E-state index in [0.717, 1.165) is 30.7 Å². The van der Waals surface area contributed by atoms with Crippen molar-refractivity contribution in [2.45, 2.75) is 18.9 Å². The van der Waals surface area contributed by atoms with Crippen LogP contribution in [0.5, 0.6) is 0 Å². The lowest BCUT2D eigenvalue weighted by molar-refractivity contribution is -0.123. The molecule has 2 saturated heterocycles. The summed E-state index contributed by atoms with van der Waals surface area (Å²) in [5.74, 6) is -0.345. The molecule has 1 aromatic carbocycles. The predicted octanol–water partition coefficient (Wildman–Crippen LogP) is 2.41. The Morgan fingerprint density at radius 1 is 1.29 bits per heavy atom. The Bertz CT molecular complexity index is 784. The number of carbonyl (C=O) groups is 2. The predicted molar refractivity (Wildman–Crippen MR) is 97.6 cm³/mol. The number of hydrogen-bond acceptors (Lipinski definition) is 5. The van der Waals surface area contributed by atoms with Crippen molar-refractivity contribution in [2.24, 2.45) is 0 Å². The first-order valence-corrected chi connectivity index (χ1v) is 9.07. The normalized spacial score (nSPS) is 26.7. The zero-order chi connectivity index (χ0) is 16.8. The Labute approximate surface area is 149 Å². The summed E-state index contributed by atoms with van der Waals surface area (Å²) in [5, 5.41) is 0. The van der Waals surface area contributed by atoms with Crippen LogP contribution < -0.4 is 4.90 Å². The number of ether oxygens (including phenoxy) is 1. The number of amides is 2. The number of thioether (sulfide) groups is 1. The molecule has 24 heavy (non-hydrogen) atoms. The summed E-state index contributed by atoms with van der Waals surface area (Å²) < 4.78 is 6.11. The zero-order valence-electron chi connectivity index (χ0n) is 13.2. The van der Waals surface area contributed by atoms with Gasteiger partial charge in [-0.05, 0) is 18.9 Å². The molecule has 0 unspecified atom stereocenters. The van der Waals surface area contributed by atoms with Crippen molar-refractivity contribution >= 4 is 51.4 Å². The fourth-order valence-electron chi connectivity index (χ4n) is 3.29. The molecule has 4 rings (SSSR count). The van der Waals surface area contributed by atoms with Crippen LogP contribution in [0.4, 0.5) is 5.69 Å². The minimum Gasteiger partial charge on any atom is -0.376 e. The summed E-state index contributed by atoms with van der Waals surface area (Å²) in [6.07, 6.45) is 1.98. The van der Waals surface area contributed by atoms with Crippen LogP contribution in [0.15, 0.2) is 29.2 Å². The molecule has 2 amide bonds. The first-order chi connectivity index (χ1) is 11.6. The number of benzene rings is 1. The highest BCUT2D eigenvalue weighted by atomic mass is 32.2. The van der Waals surface area contributed by atoms with E-state index in [1.807, 2.05) is 24.3 Å². The molecule has 3 aliphatic heterocycles. The minimum atomic E-state index is -0.186. The van der Waals surface area contributed by atoms with Crippen LogP contribution >= 0.6 is 24.0 Å². The van der Waals surface area contributed by atoms with Crippen LogP contribution in [0.2, 0.25) is 0 Å². The number of carbonyl (C=O) groups excluding carboxylic acids is 2. The van der Waals surface area contributed by atoms with Gasteiger partial charge in [0.05, 0.1) is 28.8 Å². The number of anilines is 1. The number of nitrogens with zero attached hydrogens (tertiary/aromatic N) is 2. The van der Waals surface area contributed by atoms with E-state index in [1.165, 1.54) is 11.8 Å². The molecule has 0 spiro atoms. The van der Waals surface area contributed by atoms with Crippen molar-refractivity contribution in [2.75, 3.05) is 25.1 Å². The van der Waals surface area contributed by atoms with Gasteiger partial charge in [0, 0.05) is 19.2 Å². The van der Waals surface area contributed by atoms with E-state index < -0.39 is 0 Å². The molecule has 7 heteroatoms. The third kappa shape index (κ3) is 2.39. The Morgan fingerprint density at radius 2 is 2.08 bits per heavy atom. The van der Waals surface area contributed by atoms with Crippen molar-refractivity contribution in [1.82, 2.24) is 4.90 Å². The van der Waals surface area contributed by atoms with E-state index in [4.69, 9.17) is 17.0 Å². The first-order valence-electron chi connectivity index (χ1n) is 7.85. The largest absolute Gasteiger partial charge is 0.376 e. The lowest BCUT2D eigenvalue weighted by atomic mass is 10.1. The van der Waals surface area contributed by atoms with E-state index >= 15 is 0 Å². The highest BCUT2D eigenvalue weighted by Gasteiger charge is 2.41. The highest BCUT2D eigenvalue weighted by molar-refractivity contribution is 8.26. The molecule has 3 heterocycles. The quantitative estimate of drug-likeness (QED) is 0.599. The van der Waals surface area contributed by atoms with Crippen molar-refractivity contribution in [1.29, 1.82) is 0 Å². The molecule has 0 bridgehead atoms. The van der Waals surface area contributed by atoms with Crippen molar-refractivity contribution in [3.05, 3.63) is 34.7 Å². The smallest absolute Gasteiger partial charge is 0.267 e. The third-order valence-corrected chi connectivity index (χ3v) is 5.99. The van der Waals surface area contributed by atoms with Crippen molar-refractivity contribution in [3.63, 3.8) is 0 Å². The average molecular weight is 360 g/mol. The number of fused-ring (bicyclic) bond motifs is 1. The lowest BCUT2D eigenvalue weighted by Crippen LogP contribution is -2.35. The Kier molecular flexibility index (Phi) is 3.94. The second kappa shape index (κ2) is 5.98. The molecule has 0 aromatic heterocycles. The molecular formula is C17H16N2O3S2. The van der Waals surface area contributed by atoms with Gasteiger partial charge in [0.15, 0.2) is 0 Å². The summed E-state index contributed by atoms with van der Waals surface area (Å²) in [6.45, 7) is 1.20.